The minimum atomic E-state index is -0.266. The molecule has 0 heterocycles. The molecular formula is C16H17N3O2. The lowest BCUT2D eigenvalue weighted by Crippen LogP contribution is -2.36. The third kappa shape index (κ3) is 4.65. The second-order valence-electron chi connectivity index (χ2n) is 4.57. The number of anilines is 1. The van der Waals surface area contributed by atoms with Gasteiger partial charge in [-0.05, 0) is 29.8 Å². The highest BCUT2D eigenvalue weighted by atomic mass is 16.2. The normalized spacial score (nSPS) is 9.90. The molecule has 0 radical (unpaired) electrons. The molecule has 21 heavy (non-hydrogen) atoms. The maximum atomic E-state index is 11.8. The number of carbonyl (C=O) groups is 2. The van der Waals surface area contributed by atoms with E-state index in [0.717, 1.165) is 5.56 Å². The summed E-state index contributed by atoms with van der Waals surface area (Å²) in [5.41, 5.74) is 7.75. The van der Waals surface area contributed by atoms with Gasteiger partial charge in [-0.25, -0.2) is 0 Å². The van der Waals surface area contributed by atoms with Gasteiger partial charge in [0, 0.05) is 17.8 Å². The number of carbonyl (C=O) groups excluding carboxylic acids is 2. The van der Waals surface area contributed by atoms with Gasteiger partial charge in [-0.1, -0.05) is 30.3 Å². The van der Waals surface area contributed by atoms with Crippen molar-refractivity contribution in [3.05, 3.63) is 65.7 Å². The minimum Gasteiger partial charge on any atom is -0.399 e. The van der Waals surface area contributed by atoms with E-state index in [1.807, 2.05) is 18.2 Å². The summed E-state index contributed by atoms with van der Waals surface area (Å²) in [4.78, 5) is 23.4. The first-order valence-electron chi connectivity index (χ1n) is 6.59. The summed E-state index contributed by atoms with van der Waals surface area (Å²) in [6, 6.07) is 16.0. The Morgan fingerprint density at radius 2 is 1.57 bits per heavy atom. The molecule has 5 heteroatoms. The molecule has 2 aromatic rings. The van der Waals surface area contributed by atoms with Crippen LogP contribution in [0.4, 0.5) is 5.69 Å². The minimum absolute atomic E-state index is 0.0529. The Bertz CT molecular complexity index is 609. The van der Waals surface area contributed by atoms with E-state index in [1.54, 1.807) is 36.4 Å². The van der Waals surface area contributed by atoms with E-state index in [0.29, 0.717) is 17.8 Å². The van der Waals surface area contributed by atoms with Gasteiger partial charge in [-0.15, -0.1) is 0 Å². The van der Waals surface area contributed by atoms with Gasteiger partial charge in [0.2, 0.25) is 5.91 Å². The molecule has 2 aromatic carbocycles. The number of nitrogens with one attached hydrogen (secondary N) is 2. The number of nitrogens with two attached hydrogens (primary N) is 1. The van der Waals surface area contributed by atoms with Crippen LogP contribution >= 0.6 is 0 Å². The Morgan fingerprint density at radius 1 is 0.905 bits per heavy atom. The summed E-state index contributed by atoms with van der Waals surface area (Å²) in [5, 5.41) is 5.30. The van der Waals surface area contributed by atoms with Crippen molar-refractivity contribution >= 4 is 17.5 Å². The topological polar surface area (TPSA) is 84.2 Å². The maximum absolute atomic E-state index is 11.8. The lowest BCUT2D eigenvalue weighted by atomic mass is 10.2. The van der Waals surface area contributed by atoms with Gasteiger partial charge in [0.1, 0.15) is 0 Å². The largest absolute Gasteiger partial charge is 0.399 e. The third-order valence-electron chi connectivity index (χ3n) is 2.91. The van der Waals surface area contributed by atoms with Crippen LogP contribution in [-0.4, -0.2) is 18.4 Å². The second kappa shape index (κ2) is 7.09. The van der Waals surface area contributed by atoms with Crippen molar-refractivity contribution in [3.8, 4) is 0 Å². The van der Waals surface area contributed by atoms with E-state index in [4.69, 9.17) is 5.73 Å². The summed E-state index contributed by atoms with van der Waals surface area (Å²) in [6.45, 7) is 0.350. The Balaban J connectivity index is 1.75. The lowest BCUT2D eigenvalue weighted by Gasteiger charge is -2.07. The smallest absolute Gasteiger partial charge is 0.251 e. The molecular weight excluding hydrogens is 266 g/mol. The zero-order valence-corrected chi connectivity index (χ0v) is 11.5. The van der Waals surface area contributed by atoms with Gasteiger partial charge in [-0.3, -0.25) is 9.59 Å². The van der Waals surface area contributed by atoms with Crippen molar-refractivity contribution in [2.75, 3.05) is 12.3 Å². The van der Waals surface area contributed by atoms with E-state index >= 15 is 0 Å². The van der Waals surface area contributed by atoms with Crippen LogP contribution in [0.1, 0.15) is 15.9 Å². The SMILES string of the molecule is Nc1ccc(CNC(=O)CNC(=O)c2ccccc2)cc1. The standard InChI is InChI=1S/C16H17N3O2/c17-14-8-6-12(7-9-14)10-18-15(20)11-19-16(21)13-4-2-1-3-5-13/h1-9H,10-11,17H2,(H,18,20)(H,19,21). The number of amides is 2. The Hall–Kier alpha value is -2.82. The van der Waals surface area contributed by atoms with E-state index in [1.165, 1.54) is 0 Å². The van der Waals surface area contributed by atoms with Gasteiger partial charge in [-0.2, -0.15) is 0 Å². The van der Waals surface area contributed by atoms with Crippen LogP contribution in [-0.2, 0) is 11.3 Å². The monoisotopic (exact) mass is 283 g/mol. The molecule has 0 aliphatic carbocycles. The lowest BCUT2D eigenvalue weighted by molar-refractivity contribution is -0.120. The van der Waals surface area contributed by atoms with Crippen molar-refractivity contribution in [1.29, 1.82) is 0 Å². The molecule has 5 nitrogen and oxygen atoms in total. The molecule has 2 amide bonds. The summed E-state index contributed by atoms with van der Waals surface area (Å²) in [5.74, 6) is -0.505. The number of benzene rings is 2. The predicted octanol–water partition coefficient (Wildman–Crippen LogP) is 1.31. The molecule has 108 valence electrons. The zero-order valence-electron chi connectivity index (χ0n) is 11.5. The summed E-state index contributed by atoms with van der Waals surface area (Å²) in [7, 11) is 0. The van der Waals surface area contributed by atoms with E-state index in [2.05, 4.69) is 10.6 Å². The van der Waals surface area contributed by atoms with Gasteiger partial charge < -0.3 is 16.4 Å². The Kier molecular flexibility index (Phi) is 4.93. The highest BCUT2D eigenvalue weighted by molar-refractivity contribution is 5.96. The molecule has 4 N–H and O–H groups in total. The van der Waals surface area contributed by atoms with Gasteiger partial charge >= 0.3 is 0 Å². The van der Waals surface area contributed by atoms with Crippen LogP contribution in [0.5, 0.6) is 0 Å². The first kappa shape index (κ1) is 14.6. The number of rotatable bonds is 5. The fourth-order valence-corrected chi connectivity index (χ4v) is 1.75. The molecule has 2 rings (SSSR count). The fraction of sp³-hybridized carbons (Fsp3) is 0.125. The molecule has 0 unspecified atom stereocenters. The predicted molar refractivity (Wildman–Crippen MR) is 81.5 cm³/mol. The number of nitrogen functional groups attached to an aromatic ring is 1. The first-order valence-corrected chi connectivity index (χ1v) is 6.59. The molecule has 0 aliphatic rings. The zero-order chi connectivity index (χ0) is 15.1. The third-order valence-corrected chi connectivity index (χ3v) is 2.91. The van der Waals surface area contributed by atoms with Gasteiger partial charge in [0.05, 0.1) is 6.54 Å². The molecule has 0 aromatic heterocycles. The van der Waals surface area contributed by atoms with Crippen molar-refractivity contribution in [1.82, 2.24) is 10.6 Å². The van der Waals surface area contributed by atoms with Crippen LogP contribution in [0.15, 0.2) is 54.6 Å². The number of hydrogen-bond acceptors (Lipinski definition) is 3. The fourth-order valence-electron chi connectivity index (χ4n) is 1.75. The quantitative estimate of drug-likeness (QED) is 0.723. The van der Waals surface area contributed by atoms with E-state index < -0.39 is 0 Å². The van der Waals surface area contributed by atoms with Crippen LogP contribution < -0.4 is 16.4 Å². The summed E-state index contributed by atoms with van der Waals surface area (Å²) in [6.07, 6.45) is 0. The molecule has 0 saturated heterocycles. The molecule has 0 fully saturated rings. The van der Waals surface area contributed by atoms with Gasteiger partial charge in [0.25, 0.3) is 5.91 Å². The van der Waals surface area contributed by atoms with Crippen LogP contribution in [0.3, 0.4) is 0 Å². The highest BCUT2D eigenvalue weighted by Gasteiger charge is 2.07. The highest BCUT2D eigenvalue weighted by Crippen LogP contribution is 2.04. The van der Waals surface area contributed by atoms with Crippen molar-refractivity contribution in [2.24, 2.45) is 0 Å². The number of hydrogen-bond donors (Lipinski definition) is 3. The van der Waals surface area contributed by atoms with Crippen LogP contribution in [0, 0.1) is 0 Å². The van der Waals surface area contributed by atoms with Crippen molar-refractivity contribution in [2.45, 2.75) is 6.54 Å². The van der Waals surface area contributed by atoms with E-state index in [-0.39, 0.29) is 18.4 Å². The average Bonchev–Trinajstić information content (AvgIpc) is 2.53. The van der Waals surface area contributed by atoms with Gasteiger partial charge in [0.15, 0.2) is 0 Å². The molecule has 0 aliphatic heterocycles. The Labute approximate surface area is 123 Å². The molecule has 0 bridgehead atoms. The maximum Gasteiger partial charge on any atom is 0.251 e. The average molecular weight is 283 g/mol. The Morgan fingerprint density at radius 3 is 2.24 bits per heavy atom. The first-order chi connectivity index (χ1) is 10.1. The van der Waals surface area contributed by atoms with Crippen molar-refractivity contribution < 1.29 is 9.59 Å². The molecule has 0 atom stereocenters. The van der Waals surface area contributed by atoms with E-state index in [9.17, 15) is 9.59 Å². The van der Waals surface area contributed by atoms with Crippen molar-refractivity contribution in [3.63, 3.8) is 0 Å². The molecule has 0 saturated carbocycles. The second-order valence-corrected chi connectivity index (χ2v) is 4.57. The van der Waals surface area contributed by atoms with Crippen LogP contribution in [0.2, 0.25) is 0 Å². The summed E-state index contributed by atoms with van der Waals surface area (Å²) < 4.78 is 0. The summed E-state index contributed by atoms with van der Waals surface area (Å²) >= 11 is 0. The van der Waals surface area contributed by atoms with Crippen LogP contribution in [0.25, 0.3) is 0 Å². The molecule has 0 spiro atoms.